The van der Waals surface area contributed by atoms with Crippen molar-refractivity contribution in [1.82, 2.24) is 15.5 Å². The zero-order chi connectivity index (χ0) is 15.6. The lowest BCUT2D eigenvalue weighted by atomic mass is 10.3. The molecule has 6 nitrogen and oxygen atoms in total. The maximum absolute atomic E-state index is 13.5. The number of aryl methyl sites for hydroxylation is 1. The first-order valence-electron chi connectivity index (χ1n) is 6.02. The van der Waals surface area contributed by atoms with E-state index in [1.54, 1.807) is 14.0 Å². The van der Waals surface area contributed by atoms with E-state index < -0.39 is 27.3 Å². The topological polar surface area (TPSA) is 86.9 Å². The number of rotatable bonds is 5. The molecule has 1 aromatic heterocycles. The number of benzene rings is 1. The average molecular weight is 316 g/mol. The molecule has 0 atom stereocenters. The molecule has 3 N–H and O–H groups in total. The molecule has 21 heavy (non-hydrogen) atoms. The van der Waals surface area contributed by atoms with Crippen LogP contribution in [-0.4, -0.2) is 25.7 Å². The van der Waals surface area contributed by atoms with Crippen LogP contribution in [0.5, 0.6) is 0 Å². The lowest BCUT2D eigenvalue weighted by molar-refractivity contribution is 0.580. The van der Waals surface area contributed by atoms with Gasteiger partial charge < -0.3 is 5.32 Å². The van der Waals surface area contributed by atoms with Gasteiger partial charge in [-0.15, -0.1) is 0 Å². The average Bonchev–Trinajstić information content (AvgIpc) is 2.77. The molecule has 1 heterocycles. The van der Waals surface area contributed by atoms with Crippen molar-refractivity contribution in [2.45, 2.75) is 18.5 Å². The van der Waals surface area contributed by atoms with Crippen LogP contribution in [0.1, 0.15) is 11.3 Å². The largest absolute Gasteiger partial charge is 0.316 e. The number of aromatic nitrogens is 2. The molecule has 0 unspecified atom stereocenters. The monoisotopic (exact) mass is 316 g/mol. The van der Waals surface area contributed by atoms with E-state index in [1.165, 1.54) is 0 Å². The molecule has 0 aliphatic carbocycles. The van der Waals surface area contributed by atoms with Crippen LogP contribution in [0, 0.1) is 18.6 Å². The summed E-state index contributed by atoms with van der Waals surface area (Å²) in [6.45, 7) is 1.90. The summed E-state index contributed by atoms with van der Waals surface area (Å²) in [6.07, 6.45) is 0. The number of hydrogen-bond acceptors (Lipinski definition) is 4. The molecule has 0 saturated carbocycles. The minimum atomic E-state index is -4.20. The fourth-order valence-corrected chi connectivity index (χ4v) is 3.09. The molecule has 0 radical (unpaired) electrons. The number of hydrogen-bond donors (Lipinski definition) is 3. The van der Waals surface area contributed by atoms with Crippen LogP contribution in [0.4, 0.5) is 14.5 Å². The molecule has 2 rings (SSSR count). The number of sulfonamides is 1. The Labute approximate surface area is 120 Å². The minimum Gasteiger partial charge on any atom is -0.316 e. The van der Waals surface area contributed by atoms with Crippen molar-refractivity contribution in [3.05, 3.63) is 41.1 Å². The summed E-state index contributed by atoms with van der Waals surface area (Å²) >= 11 is 0. The number of aromatic amines is 1. The zero-order valence-corrected chi connectivity index (χ0v) is 12.2. The number of anilines is 1. The summed E-state index contributed by atoms with van der Waals surface area (Å²) in [6, 6.07) is 3.07. The molecule has 0 aliphatic heterocycles. The standard InChI is InChI=1S/C12H14F2N4O2S/c1-7-8(6-15-2)12(17-16-7)21(19,20)18-11-9(13)4-3-5-10(11)14/h3-5,15,18H,6H2,1-2H3,(H,16,17). The first-order valence-corrected chi connectivity index (χ1v) is 7.50. The molecule has 0 amide bonds. The van der Waals surface area contributed by atoms with Gasteiger partial charge in [-0.1, -0.05) is 6.07 Å². The van der Waals surface area contributed by atoms with Crippen molar-refractivity contribution < 1.29 is 17.2 Å². The Balaban J connectivity index is 2.44. The lowest BCUT2D eigenvalue weighted by Gasteiger charge is -2.09. The number of H-pyrrole nitrogens is 1. The minimum absolute atomic E-state index is 0.248. The van der Waals surface area contributed by atoms with Crippen LogP contribution in [0.25, 0.3) is 0 Å². The second-order valence-electron chi connectivity index (χ2n) is 4.36. The van der Waals surface area contributed by atoms with Gasteiger partial charge in [-0.2, -0.15) is 13.5 Å². The number of nitrogens with zero attached hydrogens (tertiary/aromatic N) is 1. The van der Waals surface area contributed by atoms with Gasteiger partial charge in [-0.25, -0.2) is 8.78 Å². The Morgan fingerprint density at radius 3 is 2.48 bits per heavy atom. The highest BCUT2D eigenvalue weighted by atomic mass is 32.2. The fourth-order valence-electron chi connectivity index (χ4n) is 1.82. The van der Waals surface area contributed by atoms with E-state index in [0.717, 1.165) is 18.2 Å². The molecule has 0 saturated heterocycles. The SMILES string of the molecule is CNCc1c(S(=O)(=O)Nc2c(F)cccc2F)n[nH]c1C. The predicted octanol–water partition coefficient (Wildman–Crippen LogP) is 1.52. The van der Waals surface area contributed by atoms with Crippen LogP contribution in [0.15, 0.2) is 23.2 Å². The quantitative estimate of drug-likeness (QED) is 0.780. The lowest BCUT2D eigenvalue weighted by Crippen LogP contribution is -2.19. The van der Waals surface area contributed by atoms with Crippen LogP contribution < -0.4 is 10.0 Å². The van der Waals surface area contributed by atoms with Crippen molar-refractivity contribution >= 4 is 15.7 Å². The third-order valence-electron chi connectivity index (χ3n) is 2.84. The molecule has 1 aromatic carbocycles. The Kier molecular flexibility index (Phi) is 4.24. The first-order chi connectivity index (χ1) is 9.86. The van der Waals surface area contributed by atoms with Crippen LogP contribution >= 0.6 is 0 Å². The van der Waals surface area contributed by atoms with Crippen molar-refractivity contribution in [1.29, 1.82) is 0 Å². The number of nitrogens with one attached hydrogen (secondary N) is 3. The summed E-state index contributed by atoms with van der Waals surface area (Å²) in [5.74, 6) is -2.00. The van der Waals surface area contributed by atoms with Crippen molar-refractivity contribution in [2.75, 3.05) is 11.8 Å². The molecular formula is C12H14F2N4O2S. The molecule has 114 valence electrons. The van der Waals surface area contributed by atoms with Crippen molar-refractivity contribution in [2.24, 2.45) is 0 Å². The van der Waals surface area contributed by atoms with Crippen LogP contribution in [0.3, 0.4) is 0 Å². The van der Waals surface area contributed by atoms with Gasteiger partial charge in [0.05, 0.1) is 0 Å². The second-order valence-corrected chi connectivity index (χ2v) is 5.96. The van der Waals surface area contributed by atoms with E-state index in [4.69, 9.17) is 0 Å². The third kappa shape index (κ3) is 3.03. The second kappa shape index (κ2) is 5.78. The van der Waals surface area contributed by atoms with Gasteiger partial charge >= 0.3 is 0 Å². The normalized spacial score (nSPS) is 11.6. The smallest absolute Gasteiger partial charge is 0.281 e. The van der Waals surface area contributed by atoms with Gasteiger partial charge in [0.25, 0.3) is 10.0 Å². The highest BCUT2D eigenvalue weighted by Gasteiger charge is 2.25. The number of para-hydroxylation sites is 1. The van der Waals surface area contributed by atoms with Gasteiger partial charge in [0.15, 0.2) is 0 Å². The molecule has 0 bridgehead atoms. The van der Waals surface area contributed by atoms with Crippen molar-refractivity contribution in [3.8, 4) is 0 Å². The molecule has 2 aromatic rings. The number of halogens is 2. The van der Waals surface area contributed by atoms with E-state index >= 15 is 0 Å². The van der Waals surface area contributed by atoms with E-state index in [1.807, 2.05) is 4.72 Å². The van der Waals surface area contributed by atoms with Gasteiger partial charge in [0.1, 0.15) is 17.3 Å². The summed E-state index contributed by atoms with van der Waals surface area (Å²) in [4.78, 5) is 0. The Bertz CT molecular complexity index is 738. The highest BCUT2D eigenvalue weighted by Crippen LogP contribution is 2.23. The maximum Gasteiger partial charge on any atom is 0.281 e. The molecule has 0 aliphatic rings. The van der Waals surface area contributed by atoms with E-state index in [0.29, 0.717) is 11.3 Å². The van der Waals surface area contributed by atoms with Gasteiger partial charge in [-0.3, -0.25) is 9.82 Å². The predicted molar refractivity (Wildman–Crippen MR) is 73.3 cm³/mol. The summed E-state index contributed by atoms with van der Waals surface area (Å²) in [5, 5.41) is 8.76. The maximum atomic E-state index is 13.5. The first kappa shape index (κ1) is 15.4. The van der Waals surface area contributed by atoms with Gasteiger partial charge in [0, 0.05) is 17.8 Å². The molecule has 0 spiro atoms. The van der Waals surface area contributed by atoms with Crippen LogP contribution in [0.2, 0.25) is 0 Å². The van der Waals surface area contributed by atoms with Gasteiger partial charge in [-0.05, 0) is 26.1 Å². The van der Waals surface area contributed by atoms with E-state index in [-0.39, 0.29) is 11.6 Å². The fraction of sp³-hybridized carbons (Fsp3) is 0.250. The van der Waals surface area contributed by atoms with E-state index in [2.05, 4.69) is 15.5 Å². The van der Waals surface area contributed by atoms with Crippen LogP contribution in [-0.2, 0) is 16.6 Å². The summed E-state index contributed by atoms with van der Waals surface area (Å²) in [7, 11) is -2.56. The highest BCUT2D eigenvalue weighted by molar-refractivity contribution is 7.92. The third-order valence-corrected chi connectivity index (χ3v) is 4.16. The van der Waals surface area contributed by atoms with Gasteiger partial charge in [0.2, 0.25) is 5.03 Å². The molecule has 0 fully saturated rings. The molecule has 9 heteroatoms. The zero-order valence-electron chi connectivity index (χ0n) is 11.4. The summed E-state index contributed by atoms with van der Waals surface area (Å²) < 4.78 is 53.5. The Morgan fingerprint density at radius 2 is 1.90 bits per heavy atom. The Hall–Kier alpha value is -2.00. The van der Waals surface area contributed by atoms with Crippen molar-refractivity contribution in [3.63, 3.8) is 0 Å². The van der Waals surface area contributed by atoms with E-state index in [9.17, 15) is 17.2 Å². The summed E-state index contributed by atoms with van der Waals surface area (Å²) in [5.41, 5.74) is 0.231. The Morgan fingerprint density at radius 1 is 1.29 bits per heavy atom. The molecular weight excluding hydrogens is 302 g/mol.